The fourth-order valence-electron chi connectivity index (χ4n) is 4.37. The highest BCUT2D eigenvalue weighted by Gasteiger charge is 2.21. The molecule has 0 fully saturated rings. The van der Waals surface area contributed by atoms with Gasteiger partial charge in [0.05, 0.1) is 18.9 Å². The third-order valence-corrected chi connectivity index (χ3v) is 7.10. The molecule has 0 atom stereocenters. The number of hydrazone groups is 1. The third-order valence-electron chi connectivity index (χ3n) is 6.28. The Hall–Kier alpha value is -4.93. The molecule has 5 aromatic rings. The number of aromatic amines is 1. The molecule has 1 heterocycles. The molecule has 0 saturated carbocycles. The molecular formula is C32H23BrClN3O6. The van der Waals surface area contributed by atoms with Crippen LogP contribution in [0.25, 0.3) is 22.0 Å². The van der Waals surface area contributed by atoms with Crippen molar-refractivity contribution in [3.8, 4) is 28.4 Å². The average Bonchev–Trinajstić information content (AvgIpc) is 3.36. The third kappa shape index (κ3) is 6.61. The second-order valence-electron chi connectivity index (χ2n) is 9.13. The van der Waals surface area contributed by atoms with Crippen molar-refractivity contribution in [1.29, 1.82) is 0 Å². The van der Waals surface area contributed by atoms with Gasteiger partial charge in [0.15, 0.2) is 11.5 Å². The number of nitrogens with zero attached hydrogens (tertiary/aromatic N) is 1. The predicted octanol–water partition coefficient (Wildman–Crippen LogP) is 7.17. The minimum atomic E-state index is -0.675. The zero-order valence-corrected chi connectivity index (χ0v) is 25.2. The second-order valence-corrected chi connectivity index (χ2v) is 10.5. The van der Waals surface area contributed by atoms with Crippen LogP contribution in [0.15, 0.2) is 94.5 Å². The van der Waals surface area contributed by atoms with E-state index in [9.17, 15) is 14.4 Å². The molecule has 11 heteroatoms. The van der Waals surface area contributed by atoms with Gasteiger partial charge in [0.1, 0.15) is 11.4 Å². The van der Waals surface area contributed by atoms with Crippen molar-refractivity contribution in [2.75, 3.05) is 7.11 Å². The number of aromatic nitrogens is 1. The number of H-pyrrole nitrogens is 1. The number of carbonyl (C=O) groups is 3. The first-order chi connectivity index (χ1) is 20.7. The van der Waals surface area contributed by atoms with Gasteiger partial charge in [0, 0.05) is 44.0 Å². The summed E-state index contributed by atoms with van der Waals surface area (Å²) in [7, 11) is 1.39. The summed E-state index contributed by atoms with van der Waals surface area (Å²) in [5.41, 5.74) is 5.52. The highest BCUT2D eigenvalue weighted by molar-refractivity contribution is 9.10. The molecule has 5 rings (SSSR count). The van der Waals surface area contributed by atoms with Gasteiger partial charge in [-0.1, -0.05) is 57.9 Å². The Bertz CT molecular complexity index is 1900. The number of methoxy groups -OCH3 is 1. The number of rotatable bonds is 8. The van der Waals surface area contributed by atoms with E-state index in [0.717, 1.165) is 15.4 Å². The molecule has 0 aliphatic rings. The van der Waals surface area contributed by atoms with Gasteiger partial charge in [-0.2, -0.15) is 5.10 Å². The number of benzene rings is 4. The molecule has 2 N–H and O–H groups in total. The second kappa shape index (κ2) is 12.9. The van der Waals surface area contributed by atoms with Gasteiger partial charge in [0.25, 0.3) is 5.91 Å². The molecular weight excluding hydrogens is 638 g/mol. The standard InChI is InChI=1S/C32H23BrClN3O6/c1-18(38)42-27-14-11-19(15-28(27)41-2)32(40)43-26-10-6-3-7-20(26)17-35-37-31(39)30-29(22-8-4-5-9-24(22)34)23-16-21(33)12-13-25(23)36-30/h3-17,36H,1-2H3,(H,37,39). The van der Waals surface area contributed by atoms with Gasteiger partial charge in [-0.15, -0.1) is 0 Å². The zero-order chi connectivity index (χ0) is 30.5. The van der Waals surface area contributed by atoms with Gasteiger partial charge in [0.2, 0.25) is 0 Å². The van der Waals surface area contributed by atoms with E-state index in [1.54, 1.807) is 30.3 Å². The molecule has 1 aromatic heterocycles. The first-order valence-corrected chi connectivity index (χ1v) is 14.0. The molecule has 0 saturated heterocycles. The van der Waals surface area contributed by atoms with E-state index < -0.39 is 17.8 Å². The Balaban J connectivity index is 1.37. The lowest BCUT2D eigenvalue weighted by molar-refractivity contribution is -0.132. The summed E-state index contributed by atoms with van der Waals surface area (Å²) in [6.45, 7) is 1.26. The smallest absolute Gasteiger partial charge is 0.343 e. The van der Waals surface area contributed by atoms with E-state index in [4.69, 9.17) is 25.8 Å². The van der Waals surface area contributed by atoms with Crippen LogP contribution in [0, 0.1) is 0 Å². The number of fused-ring (bicyclic) bond motifs is 1. The Morgan fingerprint density at radius 2 is 1.67 bits per heavy atom. The van der Waals surface area contributed by atoms with Crippen LogP contribution >= 0.6 is 27.5 Å². The Kier molecular flexibility index (Phi) is 8.89. The van der Waals surface area contributed by atoms with Crippen molar-refractivity contribution in [2.45, 2.75) is 6.92 Å². The van der Waals surface area contributed by atoms with Crippen molar-refractivity contribution < 1.29 is 28.6 Å². The number of nitrogens with one attached hydrogen (secondary N) is 2. The average molecular weight is 661 g/mol. The summed E-state index contributed by atoms with van der Waals surface area (Å²) in [5.74, 6) is -1.11. The van der Waals surface area contributed by atoms with Crippen LogP contribution in [0.4, 0.5) is 0 Å². The summed E-state index contributed by atoms with van der Waals surface area (Å²) in [4.78, 5) is 40.8. The molecule has 4 aromatic carbocycles. The van der Waals surface area contributed by atoms with Crippen molar-refractivity contribution in [3.05, 3.63) is 111 Å². The number of para-hydroxylation sites is 1. The van der Waals surface area contributed by atoms with Crippen molar-refractivity contribution in [3.63, 3.8) is 0 Å². The van der Waals surface area contributed by atoms with Crippen LogP contribution in [0.1, 0.15) is 33.3 Å². The van der Waals surface area contributed by atoms with E-state index in [1.165, 1.54) is 38.4 Å². The largest absolute Gasteiger partial charge is 0.493 e. The van der Waals surface area contributed by atoms with Crippen LogP contribution in [0.5, 0.6) is 17.2 Å². The highest BCUT2D eigenvalue weighted by Crippen LogP contribution is 2.37. The van der Waals surface area contributed by atoms with Gasteiger partial charge in [-0.05, 0) is 54.6 Å². The predicted molar refractivity (Wildman–Crippen MR) is 167 cm³/mol. The summed E-state index contributed by atoms with van der Waals surface area (Å²) in [5, 5.41) is 5.43. The molecule has 0 unspecified atom stereocenters. The van der Waals surface area contributed by atoms with Crippen LogP contribution in [-0.4, -0.2) is 36.2 Å². The quantitative estimate of drug-likeness (QED) is 0.0789. The highest BCUT2D eigenvalue weighted by atomic mass is 79.9. The topological polar surface area (TPSA) is 119 Å². The van der Waals surface area contributed by atoms with E-state index in [1.807, 2.05) is 36.4 Å². The number of ether oxygens (including phenoxy) is 3. The molecule has 0 aliphatic carbocycles. The summed E-state index contributed by atoms with van der Waals surface area (Å²) in [6, 6.07) is 23.9. The molecule has 0 bridgehead atoms. The van der Waals surface area contributed by atoms with Gasteiger partial charge in [-0.3, -0.25) is 9.59 Å². The molecule has 0 radical (unpaired) electrons. The number of hydrogen-bond acceptors (Lipinski definition) is 7. The van der Waals surface area contributed by atoms with Crippen molar-refractivity contribution in [2.24, 2.45) is 5.10 Å². The van der Waals surface area contributed by atoms with Crippen molar-refractivity contribution >= 4 is 62.5 Å². The fraction of sp³-hybridized carbons (Fsp3) is 0.0625. The Morgan fingerprint density at radius 3 is 2.44 bits per heavy atom. The lowest BCUT2D eigenvalue weighted by Gasteiger charge is -2.11. The Labute approximate surface area is 259 Å². The summed E-state index contributed by atoms with van der Waals surface area (Å²) < 4.78 is 16.8. The van der Waals surface area contributed by atoms with Crippen molar-refractivity contribution in [1.82, 2.24) is 10.4 Å². The molecule has 0 aliphatic heterocycles. The maximum absolute atomic E-state index is 13.4. The van der Waals surface area contributed by atoms with E-state index >= 15 is 0 Å². The van der Waals surface area contributed by atoms with Crippen LogP contribution in [-0.2, 0) is 4.79 Å². The normalized spacial score (nSPS) is 11.0. The number of amides is 1. The van der Waals surface area contributed by atoms with E-state index in [0.29, 0.717) is 21.7 Å². The SMILES string of the molecule is COc1cc(C(=O)Oc2ccccc2C=NNC(=O)c2[nH]c3ccc(Br)cc3c2-c2ccccc2Cl)ccc1OC(C)=O. The minimum Gasteiger partial charge on any atom is -0.493 e. The van der Waals surface area contributed by atoms with Gasteiger partial charge >= 0.3 is 11.9 Å². The number of carbonyl (C=O) groups excluding carboxylic acids is 3. The monoisotopic (exact) mass is 659 g/mol. The number of halogens is 2. The maximum atomic E-state index is 13.4. The molecule has 0 spiro atoms. The van der Waals surface area contributed by atoms with Crippen LogP contribution < -0.4 is 19.6 Å². The molecule has 9 nitrogen and oxygen atoms in total. The van der Waals surface area contributed by atoms with Gasteiger partial charge < -0.3 is 19.2 Å². The van der Waals surface area contributed by atoms with Crippen LogP contribution in [0.3, 0.4) is 0 Å². The summed E-state index contributed by atoms with van der Waals surface area (Å²) >= 11 is 10.0. The number of hydrogen-bond donors (Lipinski definition) is 2. The molecule has 1 amide bonds. The summed E-state index contributed by atoms with van der Waals surface area (Å²) in [6.07, 6.45) is 1.37. The Morgan fingerprint density at radius 1 is 0.907 bits per heavy atom. The number of esters is 2. The lowest BCUT2D eigenvalue weighted by Crippen LogP contribution is -2.19. The maximum Gasteiger partial charge on any atom is 0.343 e. The first-order valence-electron chi connectivity index (χ1n) is 12.8. The van der Waals surface area contributed by atoms with E-state index in [2.05, 4.69) is 31.4 Å². The fourth-order valence-corrected chi connectivity index (χ4v) is 4.96. The van der Waals surface area contributed by atoms with E-state index in [-0.39, 0.29) is 28.5 Å². The molecule has 43 heavy (non-hydrogen) atoms. The first kappa shape index (κ1) is 29.6. The lowest BCUT2D eigenvalue weighted by atomic mass is 10.0. The van der Waals surface area contributed by atoms with Gasteiger partial charge in [-0.25, -0.2) is 10.2 Å². The minimum absolute atomic E-state index is 0.172. The molecule has 216 valence electrons. The zero-order valence-electron chi connectivity index (χ0n) is 22.8. The van der Waals surface area contributed by atoms with Crippen LogP contribution in [0.2, 0.25) is 5.02 Å².